The number of aliphatic hydroxyl groups is 1. The van der Waals surface area contributed by atoms with Crippen molar-refractivity contribution in [1.29, 1.82) is 0 Å². The monoisotopic (exact) mass is 402 g/mol. The number of fused-ring (bicyclic) bond motifs is 4. The van der Waals surface area contributed by atoms with Crippen LogP contribution >= 0.6 is 0 Å². The molecule has 29 heavy (non-hydrogen) atoms. The highest BCUT2D eigenvalue weighted by Gasteiger charge is 2.76. The van der Waals surface area contributed by atoms with Crippen LogP contribution in [0.15, 0.2) is 0 Å². The van der Waals surface area contributed by atoms with Gasteiger partial charge in [0, 0.05) is 11.8 Å². The number of aliphatic hydroxyl groups excluding tert-OH is 1. The molecular formula is C27H46O2. The predicted octanol–water partition coefficient (Wildman–Crippen LogP) is 6.60. The molecular weight excluding hydrogens is 356 g/mol. The van der Waals surface area contributed by atoms with Crippen LogP contribution in [0.2, 0.25) is 0 Å². The predicted molar refractivity (Wildman–Crippen MR) is 119 cm³/mol. The Morgan fingerprint density at radius 3 is 2.52 bits per heavy atom. The van der Waals surface area contributed by atoms with Crippen molar-refractivity contribution in [2.24, 2.45) is 46.3 Å². The van der Waals surface area contributed by atoms with E-state index in [-0.39, 0.29) is 11.7 Å². The largest absolute Gasteiger partial charge is 0.393 e. The fraction of sp³-hybridized carbons (Fsp3) is 1.00. The van der Waals surface area contributed by atoms with Crippen LogP contribution < -0.4 is 0 Å². The van der Waals surface area contributed by atoms with E-state index >= 15 is 0 Å². The second kappa shape index (κ2) is 6.96. The van der Waals surface area contributed by atoms with Gasteiger partial charge >= 0.3 is 0 Å². The Hall–Kier alpha value is -0.0800. The van der Waals surface area contributed by atoms with Crippen LogP contribution in [0.25, 0.3) is 0 Å². The summed E-state index contributed by atoms with van der Waals surface area (Å²) < 4.78 is 6.51. The van der Waals surface area contributed by atoms with E-state index in [0.29, 0.717) is 16.9 Å². The zero-order chi connectivity index (χ0) is 20.6. The molecule has 5 fully saturated rings. The van der Waals surface area contributed by atoms with Gasteiger partial charge in [0.15, 0.2) is 0 Å². The zero-order valence-electron chi connectivity index (χ0n) is 19.8. The van der Waals surface area contributed by atoms with Crippen molar-refractivity contribution in [2.45, 2.75) is 123 Å². The molecule has 0 aromatic rings. The second-order valence-electron chi connectivity index (χ2n) is 13.0. The highest BCUT2D eigenvalue weighted by Crippen LogP contribution is 2.74. The van der Waals surface area contributed by atoms with Crippen LogP contribution in [0.4, 0.5) is 0 Å². The molecule has 166 valence electrons. The molecule has 10 atom stereocenters. The standard InChI is InChI=1S/C27H46O2/c1-17(2)7-6-8-18(3)21-9-10-22-20-15-24-27(29-24)16-19(28)11-14-26(27,5)23(20)12-13-25(21,22)4/h17-24,28H,6-16H2,1-5H3/t18-,19?,20+,21-,22+,23+,24-,25-,26-,27-/m1/s1. The molecule has 0 radical (unpaired) electrons. The fourth-order valence-corrected chi connectivity index (χ4v) is 9.68. The minimum atomic E-state index is -0.124. The van der Waals surface area contributed by atoms with E-state index in [9.17, 15) is 5.11 Å². The van der Waals surface area contributed by atoms with Gasteiger partial charge in [-0.3, -0.25) is 0 Å². The summed E-state index contributed by atoms with van der Waals surface area (Å²) in [6.07, 6.45) is 14.8. The van der Waals surface area contributed by atoms with E-state index < -0.39 is 0 Å². The van der Waals surface area contributed by atoms with Crippen molar-refractivity contribution < 1.29 is 9.84 Å². The van der Waals surface area contributed by atoms with Gasteiger partial charge in [-0.2, -0.15) is 0 Å². The van der Waals surface area contributed by atoms with Gasteiger partial charge in [-0.15, -0.1) is 0 Å². The van der Waals surface area contributed by atoms with Gasteiger partial charge in [0.05, 0.1) is 12.2 Å². The molecule has 0 amide bonds. The zero-order valence-corrected chi connectivity index (χ0v) is 19.8. The van der Waals surface area contributed by atoms with Gasteiger partial charge in [0.1, 0.15) is 5.60 Å². The number of hydrogen-bond acceptors (Lipinski definition) is 2. The van der Waals surface area contributed by atoms with Gasteiger partial charge in [-0.25, -0.2) is 0 Å². The summed E-state index contributed by atoms with van der Waals surface area (Å²) in [5.41, 5.74) is 0.932. The Morgan fingerprint density at radius 1 is 0.966 bits per heavy atom. The van der Waals surface area contributed by atoms with Crippen molar-refractivity contribution in [3.05, 3.63) is 0 Å². The molecule has 5 rings (SSSR count). The lowest BCUT2D eigenvalue weighted by Gasteiger charge is -2.59. The van der Waals surface area contributed by atoms with Crippen molar-refractivity contribution in [2.75, 3.05) is 0 Å². The van der Waals surface area contributed by atoms with E-state index in [0.717, 1.165) is 48.3 Å². The van der Waals surface area contributed by atoms with Crippen LogP contribution in [-0.4, -0.2) is 22.9 Å². The van der Waals surface area contributed by atoms with Crippen LogP contribution in [0.1, 0.15) is 105 Å². The molecule has 1 heterocycles. The van der Waals surface area contributed by atoms with Crippen molar-refractivity contribution in [3.8, 4) is 0 Å². The smallest absolute Gasteiger partial charge is 0.103 e. The first-order valence-corrected chi connectivity index (χ1v) is 13.1. The number of rotatable bonds is 5. The molecule has 2 nitrogen and oxygen atoms in total. The molecule has 0 aromatic heterocycles. The third-order valence-corrected chi connectivity index (χ3v) is 11.3. The normalized spacial score (nSPS) is 54.3. The molecule has 1 saturated heterocycles. The molecule has 1 spiro atoms. The molecule has 5 aliphatic rings. The van der Waals surface area contributed by atoms with E-state index in [1.807, 2.05) is 0 Å². The van der Waals surface area contributed by atoms with Gasteiger partial charge < -0.3 is 9.84 Å². The van der Waals surface area contributed by atoms with Crippen molar-refractivity contribution in [1.82, 2.24) is 0 Å². The Bertz CT molecular complexity index is 630. The first-order valence-electron chi connectivity index (χ1n) is 13.1. The Balaban J connectivity index is 1.33. The minimum Gasteiger partial charge on any atom is -0.393 e. The second-order valence-corrected chi connectivity index (χ2v) is 13.0. The van der Waals surface area contributed by atoms with Crippen LogP contribution in [0.5, 0.6) is 0 Å². The fourth-order valence-electron chi connectivity index (χ4n) is 9.68. The highest BCUT2D eigenvalue weighted by molar-refractivity contribution is 5.24. The van der Waals surface area contributed by atoms with Crippen molar-refractivity contribution >= 4 is 0 Å². The molecule has 2 heteroatoms. The maximum atomic E-state index is 10.4. The lowest BCUT2D eigenvalue weighted by molar-refractivity contribution is -0.116. The first-order chi connectivity index (χ1) is 13.7. The molecule has 1 N–H and O–H groups in total. The SMILES string of the molecule is CC(C)CCC[C@@H](C)[C@H]1CC[C@H]2[C@@H]3C[C@H]4O[C@]45CC(O)CC[C@]5(C)[C@H]3CC[C@]12C. The molecule has 0 bridgehead atoms. The first kappa shape index (κ1) is 20.8. The Morgan fingerprint density at radius 2 is 1.76 bits per heavy atom. The van der Waals surface area contributed by atoms with E-state index in [2.05, 4.69) is 34.6 Å². The lowest BCUT2D eigenvalue weighted by atomic mass is 9.44. The third-order valence-electron chi connectivity index (χ3n) is 11.3. The third kappa shape index (κ3) is 2.94. The van der Waals surface area contributed by atoms with E-state index in [1.54, 1.807) is 0 Å². The summed E-state index contributed by atoms with van der Waals surface area (Å²) in [6, 6.07) is 0. The quantitative estimate of drug-likeness (QED) is 0.525. The van der Waals surface area contributed by atoms with Crippen LogP contribution in [0.3, 0.4) is 0 Å². The van der Waals surface area contributed by atoms with Crippen LogP contribution in [0, 0.1) is 46.3 Å². The molecule has 0 aromatic carbocycles. The highest BCUT2D eigenvalue weighted by atomic mass is 16.6. The maximum absolute atomic E-state index is 10.4. The van der Waals surface area contributed by atoms with Gasteiger partial charge in [0.25, 0.3) is 0 Å². The van der Waals surface area contributed by atoms with Gasteiger partial charge in [-0.05, 0) is 85.9 Å². The minimum absolute atomic E-state index is 0.0434. The summed E-state index contributed by atoms with van der Waals surface area (Å²) in [5, 5.41) is 10.4. The van der Waals surface area contributed by atoms with E-state index in [4.69, 9.17) is 4.74 Å². The molecule has 1 aliphatic heterocycles. The van der Waals surface area contributed by atoms with Gasteiger partial charge in [0.2, 0.25) is 0 Å². The van der Waals surface area contributed by atoms with Crippen LogP contribution in [-0.2, 0) is 4.74 Å². The van der Waals surface area contributed by atoms with E-state index in [1.165, 1.54) is 57.8 Å². The summed E-state index contributed by atoms with van der Waals surface area (Å²) in [4.78, 5) is 0. The number of ether oxygens (including phenoxy) is 1. The molecule has 4 saturated carbocycles. The maximum Gasteiger partial charge on any atom is 0.103 e. The van der Waals surface area contributed by atoms with Crippen molar-refractivity contribution in [3.63, 3.8) is 0 Å². The number of epoxide rings is 1. The topological polar surface area (TPSA) is 32.8 Å². The molecule has 1 unspecified atom stereocenters. The Labute approximate surface area is 179 Å². The summed E-state index contributed by atoms with van der Waals surface area (Å²) in [6.45, 7) is 12.6. The lowest BCUT2D eigenvalue weighted by Crippen LogP contribution is -2.58. The summed E-state index contributed by atoms with van der Waals surface area (Å²) >= 11 is 0. The van der Waals surface area contributed by atoms with Gasteiger partial charge in [-0.1, -0.05) is 53.9 Å². The Kier molecular flexibility index (Phi) is 4.99. The number of hydrogen-bond donors (Lipinski definition) is 1. The summed E-state index contributed by atoms with van der Waals surface area (Å²) in [5.74, 6) is 5.31. The average Bonchev–Trinajstić information content (AvgIpc) is 3.22. The summed E-state index contributed by atoms with van der Waals surface area (Å²) in [7, 11) is 0. The average molecular weight is 403 g/mol. The molecule has 4 aliphatic carbocycles.